The average molecular weight is 374 g/mol. The molecule has 26 heavy (non-hydrogen) atoms. The van der Waals surface area contributed by atoms with Crippen LogP contribution in [0.5, 0.6) is 0 Å². The van der Waals surface area contributed by atoms with Gasteiger partial charge in [-0.15, -0.1) is 0 Å². The molecule has 10 heteroatoms. The van der Waals surface area contributed by atoms with Crippen molar-refractivity contribution >= 4 is 23.7 Å². The standard InChI is InChI=1S/C16H17F3N2O5/c1-26-14(24)11-5-4-10(16(17,18)19)7-12(11)20-15(25)21-6-2-3-9(8-21)13(22)23/h4-5,7,9H,2-3,6,8H2,1H3,(H,20,25)(H,22,23). The van der Waals surface area contributed by atoms with Crippen molar-refractivity contribution in [3.63, 3.8) is 0 Å². The number of amides is 2. The van der Waals surface area contributed by atoms with Gasteiger partial charge in [0, 0.05) is 13.1 Å². The molecule has 142 valence electrons. The summed E-state index contributed by atoms with van der Waals surface area (Å²) in [6.07, 6.45) is -3.79. The molecule has 0 aliphatic carbocycles. The van der Waals surface area contributed by atoms with Gasteiger partial charge in [-0.3, -0.25) is 4.79 Å². The maximum Gasteiger partial charge on any atom is 0.416 e. The Labute approximate surface area is 146 Å². The smallest absolute Gasteiger partial charge is 0.416 e. The summed E-state index contributed by atoms with van der Waals surface area (Å²) in [7, 11) is 1.06. The number of methoxy groups -OCH3 is 1. The monoisotopic (exact) mass is 374 g/mol. The molecule has 0 radical (unpaired) electrons. The summed E-state index contributed by atoms with van der Waals surface area (Å²) in [6.45, 7) is 0.204. The van der Waals surface area contributed by atoms with Gasteiger partial charge in [-0.05, 0) is 31.0 Å². The summed E-state index contributed by atoms with van der Waals surface area (Å²) in [5, 5.41) is 11.3. The van der Waals surface area contributed by atoms with Crippen molar-refractivity contribution in [3.8, 4) is 0 Å². The zero-order valence-electron chi connectivity index (χ0n) is 13.8. The van der Waals surface area contributed by atoms with E-state index in [-0.39, 0.29) is 24.3 Å². The van der Waals surface area contributed by atoms with Crippen molar-refractivity contribution in [2.24, 2.45) is 5.92 Å². The molecule has 1 unspecified atom stereocenters. The highest BCUT2D eigenvalue weighted by Crippen LogP contribution is 2.32. The van der Waals surface area contributed by atoms with E-state index in [1.54, 1.807) is 0 Å². The first-order valence-corrected chi connectivity index (χ1v) is 7.71. The van der Waals surface area contributed by atoms with E-state index in [1.807, 2.05) is 0 Å². The molecule has 1 atom stereocenters. The van der Waals surface area contributed by atoms with Gasteiger partial charge < -0.3 is 20.1 Å². The fraction of sp³-hybridized carbons (Fsp3) is 0.438. The molecule has 1 aliphatic heterocycles. The Morgan fingerprint density at radius 2 is 2.00 bits per heavy atom. The van der Waals surface area contributed by atoms with Crippen molar-refractivity contribution in [2.75, 3.05) is 25.5 Å². The molecule has 7 nitrogen and oxygen atoms in total. The number of piperidine rings is 1. The highest BCUT2D eigenvalue weighted by atomic mass is 19.4. The highest BCUT2D eigenvalue weighted by Gasteiger charge is 2.33. The van der Waals surface area contributed by atoms with Gasteiger partial charge in [0.1, 0.15) is 0 Å². The first-order valence-electron chi connectivity index (χ1n) is 7.71. The predicted octanol–water partition coefficient (Wildman–Crippen LogP) is 2.82. The number of ether oxygens (including phenoxy) is 1. The molecule has 1 saturated heterocycles. The molecule has 0 saturated carbocycles. The van der Waals surface area contributed by atoms with Crippen LogP contribution in [0.25, 0.3) is 0 Å². The average Bonchev–Trinajstić information content (AvgIpc) is 2.60. The number of benzene rings is 1. The zero-order chi connectivity index (χ0) is 19.5. The van der Waals surface area contributed by atoms with Crippen molar-refractivity contribution in [3.05, 3.63) is 29.3 Å². The van der Waals surface area contributed by atoms with Gasteiger partial charge in [-0.25, -0.2) is 9.59 Å². The van der Waals surface area contributed by atoms with Crippen LogP contribution in [0, 0.1) is 5.92 Å². The summed E-state index contributed by atoms with van der Waals surface area (Å²) in [4.78, 5) is 36.4. The number of aliphatic carboxylic acids is 1. The van der Waals surface area contributed by atoms with E-state index in [0.717, 1.165) is 13.2 Å². The molecule has 1 aromatic rings. The molecule has 0 aromatic heterocycles. The number of nitrogens with zero attached hydrogens (tertiary/aromatic N) is 1. The third kappa shape index (κ3) is 4.44. The number of rotatable bonds is 3. The Bertz CT molecular complexity index is 720. The Morgan fingerprint density at radius 1 is 1.31 bits per heavy atom. The van der Waals surface area contributed by atoms with E-state index in [0.29, 0.717) is 25.0 Å². The summed E-state index contributed by atoms with van der Waals surface area (Å²) in [6, 6.07) is 1.49. The van der Waals surface area contributed by atoms with Gasteiger partial charge in [0.25, 0.3) is 0 Å². The number of hydrogen-bond acceptors (Lipinski definition) is 4. The molecule has 1 aromatic carbocycles. The number of carbonyl (C=O) groups is 3. The number of urea groups is 1. The molecule has 2 amide bonds. The Hall–Kier alpha value is -2.78. The summed E-state index contributed by atoms with van der Waals surface area (Å²) >= 11 is 0. The quantitative estimate of drug-likeness (QED) is 0.793. The largest absolute Gasteiger partial charge is 0.481 e. The van der Waals surface area contributed by atoms with Gasteiger partial charge >= 0.3 is 24.1 Å². The molecular weight excluding hydrogens is 357 g/mol. The van der Waals surface area contributed by atoms with Crippen molar-refractivity contribution in [1.29, 1.82) is 0 Å². The van der Waals surface area contributed by atoms with Crippen LogP contribution in [0.1, 0.15) is 28.8 Å². The lowest BCUT2D eigenvalue weighted by atomic mass is 9.99. The van der Waals surface area contributed by atoms with Crippen LogP contribution < -0.4 is 5.32 Å². The summed E-state index contributed by atoms with van der Waals surface area (Å²) in [5.41, 5.74) is -1.63. The van der Waals surface area contributed by atoms with E-state index in [4.69, 9.17) is 5.11 Å². The third-order valence-electron chi connectivity index (χ3n) is 4.05. The molecule has 1 heterocycles. The van der Waals surface area contributed by atoms with Gasteiger partial charge in [0.05, 0.1) is 29.8 Å². The van der Waals surface area contributed by atoms with Crippen molar-refractivity contribution < 1.29 is 37.4 Å². The van der Waals surface area contributed by atoms with E-state index in [9.17, 15) is 27.6 Å². The number of nitrogens with one attached hydrogen (secondary N) is 1. The lowest BCUT2D eigenvalue weighted by Gasteiger charge is -2.31. The maximum absolute atomic E-state index is 12.9. The van der Waals surface area contributed by atoms with Gasteiger partial charge in [0.15, 0.2) is 0 Å². The third-order valence-corrected chi connectivity index (χ3v) is 4.05. The number of anilines is 1. The first-order chi connectivity index (χ1) is 12.1. The Morgan fingerprint density at radius 3 is 2.58 bits per heavy atom. The summed E-state index contributed by atoms with van der Waals surface area (Å²) in [5.74, 6) is -2.69. The van der Waals surface area contributed by atoms with Gasteiger partial charge in [0.2, 0.25) is 0 Å². The number of carboxylic acid groups (broad SMARTS) is 1. The molecule has 2 N–H and O–H groups in total. The number of hydrogen-bond donors (Lipinski definition) is 2. The van der Waals surface area contributed by atoms with Crippen LogP contribution >= 0.6 is 0 Å². The molecule has 1 aliphatic rings. The van der Waals surface area contributed by atoms with Crippen molar-refractivity contribution in [1.82, 2.24) is 4.90 Å². The van der Waals surface area contributed by atoms with Crippen LogP contribution in [0.2, 0.25) is 0 Å². The van der Waals surface area contributed by atoms with Crippen LogP contribution in [0.3, 0.4) is 0 Å². The number of carbonyl (C=O) groups excluding carboxylic acids is 2. The lowest BCUT2D eigenvalue weighted by molar-refractivity contribution is -0.143. The topological polar surface area (TPSA) is 95.9 Å². The number of esters is 1. The highest BCUT2D eigenvalue weighted by molar-refractivity contribution is 6.01. The lowest BCUT2D eigenvalue weighted by Crippen LogP contribution is -2.44. The van der Waals surface area contributed by atoms with Crippen LogP contribution in [0.15, 0.2) is 18.2 Å². The second-order valence-electron chi connectivity index (χ2n) is 5.80. The molecule has 0 spiro atoms. The number of alkyl halides is 3. The fourth-order valence-electron chi connectivity index (χ4n) is 2.67. The molecule has 0 bridgehead atoms. The van der Waals surface area contributed by atoms with Crippen molar-refractivity contribution in [2.45, 2.75) is 19.0 Å². The molecule has 2 rings (SSSR count). The Balaban J connectivity index is 2.26. The Kier molecular flexibility index (Phi) is 5.73. The maximum atomic E-state index is 12.9. The number of likely N-dealkylation sites (tertiary alicyclic amines) is 1. The van der Waals surface area contributed by atoms with Crippen LogP contribution in [-0.2, 0) is 15.7 Å². The van der Waals surface area contributed by atoms with Gasteiger partial charge in [-0.2, -0.15) is 13.2 Å². The van der Waals surface area contributed by atoms with Crippen LogP contribution in [0.4, 0.5) is 23.7 Å². The minimum Gasteiger partial charge on any atom is -0.481 e. The minimum absolute atomic E-state index is 0.0618. The number of carboxylic acids is 1. The van der Waals surface area contributed by atoms with E-state index < -0.39 is 35.6 Å². The second-order valence-corrected chi connectivity index (χ2v) is 5.80. The van der Waals surface area contributed by atoms with E-state index in [2.05, 4.69) is 10.1 Å². The predicted molar refractivity (Wildman–Crippen MR) is 83.7 cm³/mol. The SMILES string of the molecule is COC(=O)c1ccc(C(F)(F)F)cc1NC(=O)N1CCCC(C(=O)O)C1. The fourth-order valence-corrected chi connectivity index (χ4v) is 2.67. The first kappa shape index (κ1) is 19.5. The minimum atomic E-state index is -4.66. The summed E-state index contributed by atoms with van der Waals surface area (Å²) < 4.78 is 43.2. The normalized spacial score (nSPS) is 17.5. The van der Waals surface area contributed by atoms with E-state index >= 15 is 0 Å². The van der Waals surface area contributed by atoms with E-state index in [1.165, 1.54) is 4.90 Å². The van der Waals surface area contributed by atoms with Gasteiger partial charge in [-0.1, -0.05) is 0 Å². The molecular formula is C16H17F3N2O5. The molecule has 1 fully saturated rings. The van der Waals surface area contributed by atoms with Crippen LogP contribution in [-0.4, -0.2) is 48.2 Å². The number of halogens is 3. The zero-order valence-corrected chi connectivity index (χ0v) is 13.8. The second kappa shape index (κ2) is 7.63.